The predicted octanol–water partition coefficient (Wildman–Crippen LogP) is 10.4. The van der Waals surface area contributed by atoms with Gasteiger partial charge < -0.3 is 14.5 Å². The third-order valence-corrected chi connectivity index (χ3v) is 9.76. The SMILES string of the molecule is c1ccc(C2=NC(c3ccccc3)NC(c3ccc4c(c3)c3cc(-n5c6ccccc6c6ccccc65)ccc3n4-c3ccccc3)=N2)cc1. The summed E-state index contributed by atoms with van der Waals surface area (Å²) in [7, 11) is 0. The first-order valence-electron chi connectivity index (χ1n) is 17.0. The molecule has 3 heterocycles. The van der Waals surface area contributed by atoms with Crippen LogP contribution < -0.4 is 5.32 Å². The second-order valence-corrected chi connectivity index (χ2v) is 12.7. The van der Waals surface area contributed by atoms with Crippen molar-refractivity contribution in [3.63, 3.8) is 0 Å². The lowest BCUT2D eigenvalue weighted by atomic mass is 10.1. The highest BCUT2D eigenvalue weighted by molar-refractivity contribution is 6.17. The molecule has 10 rings (SSSR count). The number of nitrogens with one attached hydrogen (secondary N) is 1. The van der Waals surface area contributed by atoms with Gasteiger partial charge in [0.2, 0.25) is 0 Å². The van der Waals surface area contributed by atoms with Gasteiger partial charge in [-0.1, -0.05) is 115 Å². The van der Waals surface area contributed by atoms with Crippen LogP contribution in [-0.4, -0.2) is 20.8 Å². The van der Waals surface area contributed by atoms with Crippen molar-refractivity contribution in [2.75, 3.05) is 0 Å². The molecule has 0 radical (unpaired) electrons. The summed E-state index contributed by atoms with van der Waals surface area (Å²) < 4.78 is 4.75. The summed E-state index contributed by atoms with van der Waals surface area (Å²) in [5, 5.41) is 8.51. The molecule has 1 atom stereocenters. The average Bonchev–Trinajstić information content (AvgIpc) is 3.71. The number of hydrogen-bond donors (Lipinski definition) is 1. The summed E-state index contributed by atoms with van der Waals surface area (Å²) in [4.78, 5) is 10.2. The molecule has 9 aromatic rings. The van der Waals surface area contributed by atoms with Crippen molar-refractivity contribution in [3.8, 4) is 11.4 Å². The van der Waals surface area contributed by atoms with Crippen LogP contribution in [0, 0.1) is 0 Å². The summed E-state index contributed by atoms with van der Waals surface area (Å²) in [6, 6.07) is 62.1. The lowest BCUT2D eigenvalue weighted by Crippen LogP contribution is -2.33. The van der Waals surface area contributed by atoms with Crippen LogP contribution in [0.2, 0.25) is 0 Å². The first-order chi connectivity index (χ1) is 24.8. The molecule has 0 saturated heterocycles. The Morgan fingerprint density at radius 3 is 1.66 bits per heavy atom. The third kappa shape index (κ3) is 4.55. The summed E-state index contributed by atoms with van der Waals surface area (Å²) in [6.07, 6.45) is -0.262. The fourth-order valence-corrected chi connectivity index (χ4v) is 7.47. The molecule has 50 heavy (non-hydrogen) atoms. The smallest absolute Gasteiger partial charge is 0.159 e. The number of aromatic nitrogens is 2. The molecule has 0 fully saturated rings. The minimum atomic E-state index is -0.262. The number of hydrogen-bond acceptors (Lipinski definition) is 3. The molecule has 0 amide bonds. The number of benzene rings is 7. The maximum Gasteiger partial charge on any atom is 0.159 e. The maximum absolute atomic E-state index is 5.12. The van der Waals surface area contributed by atoms with Gasteiger partial charge >= 0.3 is 0 Å². The highest BCUT2D eigenvalue weighted by Gasteiger charge is 2.23. The Morgan fingerprint density at radius 2 is 0.960 bits per heavy atom. The van der Waals surface area contributed by atoms with Crippen molar-refractivity contribution in [3.05, 3.63) is 193 Å². The Bertz CT molecular complexity index is 2720. The first kappa shape index (κ1) is 28.3. The van der Waals surface area contributed by atoms with Gasteiger partial charge in [-0.3, -0.25) is 0 Å². The number of para-hydroxylation sites is 3. The van der Waals surface area contributed by atoms with E-state index in [-0.39, 0.29) is 6.17 Å². The van der Waals surface area contributed by atoms with E-state index in [2.05, 4.69) is 166 Å². The van der Waals surface area contributed by atoms with Gasteiger partial charge in [0.15, 0.2) is 5.84 Å². The molecule has 1 aliphatic heterocycles. The molecular weight excluding hydrogens is 611 g/mol. The molecule has 0 aliphatic carbocycles. The highest BCUT2D eigenvalue weighted by atomic mass is 15.2. The average molecular weight is 642 g/mol. The minimum absolute atomic E-state index is 0.262. The van der Waals surface area contributed by atoms with Gasteiger partial charge in [-0.25, -0.2) is 9.98 Å². The molecular formula is C45H31N5. The van der Waals surface area contributed by atoms with Gasteiger partial charge in [-0.05, 0) is 66.2 Å². The number of rotatable bonds is 5. The Balaban J connectivity index is 1.20. The van der Waals surface area contributed by atoms with Crippen LogP contribution in [0.15, 0.2) is 186 Å². The van der Waals surface area contributed by atoms with Crippen LogP contribution in [0.25, 0.3) is 55.0 Å². The Hall–Kier alpha value is -6.72. The van der Waals surface area contributed by atoms with E-state index in [4.69, 9.17) is 9.98 Å². The van der Waals surface area contributed by atoms with E-state index in [9.17, 15) is 0 Å². The number of nitrogens with zero attached hydrogens (tertiary/aromatic N) is 4. The summed E-state index contributed by atoms with van der Waals surface area (Å²) in [5.41, 5.74) is 10.0. The van der Waals surface area contributed by atoms with Crippen LogP contribution >= 0.6 is 0 Å². The Labute approximate surface area is 289 Å². The summed E-state index contributed by atoms with van der Waals surface area (Å²) >= 11 is 0. The fraction of sp³-hybridized carbons (Fsp3) is 0.0222. The van der Waals surface area contributed by atoms with Crippen LogP contribution in [0.1, 0.15) is 22.9 Å². The number of aliphatic imine (C=N–C) groups is 2. The number of fused-ring (bicyclic) bond motifs is 6. The van der Waals surface area contributed by atoms with E-state index >= 15 is 0 Å². The van der Waals surface area contributed by atoms with Gasteiger partial charge in [0.1, 0.15) is 12.0 Å². The number of amidine groups is 2. The van der Waals surface area contributed by atoms with Crippen LogP contribution in [0.4, 0.5) is 0 Å². The zero-order valence-electron chi connectivity index (χ0n) is 27.1. The molecule has 5 nitrogen and oxygen atoms in total. The van der Waals surface area contributed by atoms with E-state index in [1.807, 2.05) is 24.3 Å². The molecule has 7 aromatic carbocycles. The normalized spacial score (nSPS) is 14.6. The zero-order chi connectivity index (χ0) is 33.0. The molecule has 0 saturated carbocycles. The molecule has 2 aromatic heterocycles. The second kappa shape index (κ2) is 11.5. The van der Waals surface area contributed by atoms with Crippen LogP contribution in [0.5, 0.6) is 0 Å². The minimum Gasteiger partial charge on any atom is -0.344 e. The lowest BCUT2D eigenvalue weighted by Gasteiger charge is -2.23. The molecule has 0 bridgehead atoms. The predicted molar refractivity (Wildman–Crippen MR) is 207 cm³/mol. The maximum atomic E-state index is 5.12. The van der Waals surface area contributed by atoms with E-state index in [0.717, 1.165) is 50.3 Å². The van der Waals surface area contributed by atoms with Crippen molar-refractivity contribution in [1.82, 2.24) is 14.5 Å². The topological polar surface area (TPSA) is 46.6 Å². The Morgan fingerprint density at radius 1 is 0.420 bits per heavy atom. The second-order valence-electron chi connectivity index (χ2n) is 12.7. The molecule has 0 spiro atoms. The quantitative estimate of drug-likeness (QED) is 0.200. The fourth-order valence-electron chi connectivity index (χ4n) is 7.47. The summed E-state index contributed by atoms with van der Waals surface area (Å²) in [5.74, 6) is 1.52. The van der Waals surface area contributed by atoms with Crippen LogP contribution in [-0.2, 0) is 0 Å². The van der Waals surface area contributed by atoms with Crippen molar-refractivity contribution in [2.45, 2.75) is 6.17 Å². The lowest BCUT2D eigenvalue weighted by molar-refractivity contribution is 0.674. The van der Waals surface area contributed by atoms with E-state index in [0.29, 0.717) is 5.84 Å². The van der Waals surface area contributed by atoms with Crippen molar-refractivity contribution in [1.29, 1.82) is 0 Å². The van der Waals surface area contributed by atoms with Gasteiger partial charge in [-0.2, -0.15) is 0 Å². The zero-order valence-corrected chi connectivity index (χ0v) is 27.1. The van der Waals surface area contributed by atoms with Crippen molar-refractivity contribution in [2.24, 2.45) is 9.98 Å². The van der Waals surface area contributed by atoms with Crippen molar-refractivity contribution >= 4 is 55.3 Å². The Kier molecular flexibility index (Phi) is 6.49. The highest BCUT2D eigenvalue weighted by Crippen LogP contribution is 2.37. The molecule has 236 valence electrons. The summed E-state index contributed by atoms with van der Waals surface area (Å²) in [6.45, 7) is 0. The van der Waals surface area contributed by atoms with E-state index in [1.54, 1.807) is 0 Å². The largest absolute Gasteiger partial charge is 0.344 e. The first-order valence-corrected chi connectivity index (χ1v) is 17.0. The molecule has 1 aliphatic rings. The molecule has 1 N–H and O–H groups in total. The van der Waals surface area contributed by atoms with Gasteiger partial charge in [-0.15, -0.1) is 0 Å². The van der Waals surface area contributed by atoms with Gasteiger partial charge in [0.05, 0.1) is 22.1 Å². The van der Waals surface area contributed by atoms with Crippen LogP contribution in [0.3, 0.4) is 0 Å². The van der Waals surface area contributed by atoms with Gasteiger partial charge in [0.25, 0.3) is 0 Å². The van der Waals surface area contributed by atoms with Gasteiger partial charge in [0, 0.05) is 44.0 Å². The molecule has 1 unspecified atom stereocenters. The van der Waals surface area contributed by atoms with E-state index < -0.39 is 0 Å². The monoisotopic (exact) mass is 641 g/mol. The third-order valence-electron chi connectivity index (χ3n) is 9.76. The molecule has 5 heteroatoms. The standard InChI is InChI=1S/C45H31N5/c1-4-14-30(15-5-1)43-46-44(31-16-6-2-7-17-31)48-45(47-43)32-24-26-41-37(28-32)38-29-34(25-27-42(38)49(41)33-18-8-3-9-19-33)50-39-22-12-10-20-35(39)36-21-11-13-23-40(36)50/h1-29,43H,(H,46,47,48). The van der Waals surface area contributed by atoms with Crippen molar-refractivity contribution < 1.29 is 0 Å². The van der Waals surface area contributed by atoms with E-state index in [1.165, 1.54) is 27.2 Å².